The highest BCUT2D eigenvalue weighted by molar-refractivity contribution is 5.85. The molecule has 1 heterocycles. The van der Waals surface area contributed by atoms with Crippen molar-refractivity contribution in [3.63, 3.8) is 0 Å². The largest absolute Gasteiger partial charge is 0.347 e. The van der Waals surface area contributed by atoms with Gasteiger partial charge in [-0.15, -0.1) is 12.4 Å². The molecule has 0 unspecified atom stereocenters. The van der Waals surface area contributed by atoms with E-state index in [2.05, 4.69) is 9.97 Å². The molecule has 0 saturated heterocycles. The Labute approximate surface area is 53.7 Å². The molecular formula is C4H8ClN3. The minimum absolute atomic E-state index is 0. The summed E-state index contributed by atoms with van der Waals surface area (Å²) in [4.78, 5) is 6.61. The quantitative estimate of drug-likeness (QED) is 0.579. The Kier molecular flexibility index (Phi) is 3.23. The molecule has 0 aliphatic carbocycles. The Balaban J connectivity index is 0.000000490. The predicted molar refractivity (Wildman–Crippen MR) is 33.7 cm³/mol. The molecule has 0 radical (unpaired) electrons. The van der Waals surface area contributed by atoms with Crippen molar-refractivity contribution in [3.8, 4) is 0 Å². The molecule has 4 heteroatoms. The number of aromatic amines is 1. The first-order valence-corrected chi connectivity index (χ1v) is 2.11. The smallest absolute Gasteiger partial charge is 0.0922 e. The van der Waals surface area contributed by atoms with Gasteiger partial charge in [-0.2, -0.15) is 0 Å². The van der Waals surface area contributed by atoms with Crippen molar-refractivity contribution in [2.24, 2.45) is 5.73 Å². The third-order valence-electron chi connectivity index (χ3n) is 0.775. The first-order chi connectivity index (χ1) is 3.43. The molecule has 1 aromatic heterocycles. The van der Waals surface area contributed by atoms with Gasteiger partial charge in [0.1, 0.15) is 0 Å². The van der Waals surface area contributed by atoms with Crippen LogP contribution in [0.3, 0.4) is 0 Å². The van der Waals surface area contributed by atoms with Crippen LogP contribution in [0, 0.1) is 0 Å². The second-order valence-electron chi connectivity index (χ2n) is 1.28. The molecule has 0 bridgehead atoms. The maximum Gasteiger partial charge on any atom is 0.0922 e. The van der Waals surface area contributed by atoms with Gasteiger partial charge in [-0.25, -0.2) is 4.98 Å². The lowest BCUT2D eigenvalue weighted by Crippen LogP contribution is -1.94. The standard InChI is InChI=1S/C4H7N3.ClH/c5-1-4-2-6-3-7-4;/h2-3H,1,5H2,(H,6,7);1H. The summed E-state index contributed by atoms with van der Waals surface area (Å²) in [6, 6.07) is 0. The number of hydrogen-bond donors (Lipinski definition) is 2. The maximum atomic E-state index is 5.22. The molecule has 3 N–H and O–H groups in total. The van der Waals surface area contributed by atoms with E-state index >= 15 is 0 Å². The molecule has 3 nitrogen and oxygen atoms in total. The number of H-pyrrole nitrogens is 1. The van der Waals surface area contributed by atoms with Crippen LogP contribution in [-0.4, -0.2) is 9.97 Å². The average molecular weight is 134 g/mol. The summed E-state index contributed by atoms with van der Waals surface area (Å²) >= 11 is 0. The molecule has 1 aromatic rings. The van der Waals surface area contributed by atoms with Crippen molar-refractivity contribution in [2.75, 3.05) is 0 Å². The molecule has 0 fully saturated rings. The molecule has 1 rings (SSSR count). The fourth-order valence-corrected chi connectivity index (χ4v) is 0.396. The van der Waals surface area contributed by atoms with Crippen LogP contribution >= 0.6 is 12.4 Å². The van der Waals surface area contributed by atoms with Gasteiger partial charge in [-0.1, -0.05) is 0 Å². The normalized spacial score (nSPS) is 8.12. The summed E-state index contributed by atoms with van der Waals surface area (Å²) in [6.07, 6.45) is 3.32. The molecule has 8 heavy (non-hydrogen) atoms. The SMILES string of the molecule is Cl.NCc1cnc[nH]1. The summed E-state index contributed by atoms with van der Waals surface area (Å²) in [6.45, 7) is 0.542. The molecule has 0 amide bonds. The van der Waals surface area contributed by atoms with Crippen molar-refractivity contribution < 1.29 is 0 Å². The van der Waals surface area contributed by atoms with E-state index in [0.717, 1.165) is 5.69 Å². The van der Waals surface area contributed by atoms with Gasteiger partial charge in [0.2, 0.25) is 0 Å². The Morgan fingerprint density at radius 2 is 2.50 bits per heavy atom. The van der Waals surface area contributed by atoms with Crippen molar-refractivity contribution in [3.05, 3.63) is 18.2 Å². The number of nitrogens with one attached hydrogen (secondary N) is 1. The molecule has 0 aliphatic heterocycles. The highest BCUT2D eigenvalue weighted by Crippen LogP contribution is 1.84. The Morgan fingerprint density at radius 1 is 1.75 bits per heavy atom. The van der Waals surface area contributed by atoms with Crippen LogP contribution in [0.25, 0.3) is 0 Å². The second-order valence-corrected chi connectivity index (χ2v) is 1.28. The monoisotopic (exact) mass is 133 g/mol. The van der Waals surface area contributed by atoms with Crippen molar-refractivity contribution >= 4 is 12.4 Å². The van der Waals surface area contributed by atoms with E-state index in [1.54, 1.807) is 12.5 Å². The topological polar surface area (TPSA) is 54.7 Å². The zero-order chi connectivity index (χ0) is 5.11. The van der Waals surface area contributed by atoms with Crippen LogP contribution in [0.4, 0.5) is 0 Å². The minimum Gasteiger partial charge on any atom is -0.347 e. The lowest BCUT2D eigenvalue weighted by molar-refractivity contribution is 1.01. The second kappa shape index (κ2) is 3.46. The van der Waals surface area contributed by atoms with Gasteiger partial charge in [0, 0.05) is 18.4 Å². The lowest BCUT2D eigenvalue weighted by atomic mass is 10.5. The Hall–Kier alpha value is -0.540. The minimum atomic E-state index is 0. The van der Waals surface area contributed by atoms with Crippen LogP contribution in [0.2, 0.25) is 0 Å². The van der Waals surface area contributed by atoms with Gasteiger partial charge >= 0.3 is 0 Å². The molecule has 0 spiro atoms. The van der Waals surface area contributed by atoms with Gasteiger partial charge < -0.3 is 10.7 Å². The molecular weight excluding hydrogens is 126 g/mol. The molecule has 46 valence electrons. The molecule has 0 aliphatic rings. The molecule has 0 saturated carbocycles. The summed E-state index contributed by atoms with van der Waals surface area (Å²) in [5.41, 5.74) is 6.20. The third-order valence-corrected chi connectivity index (χ3v) is 0.775. The molecule has 0 aromatic carbocycles. The van der Waals surface area contributed by atoms with E-state index in [4.69, 9.17) is 5.73 Å². The van der Waals surface area contributed by atoms with E-state index in [-0.39, 0.29) is 12.4 Å². The van der Waals surface area contributed by atoms with Crippen molar-refractivity contribution in [2.45, 2.75) is 6.54 Å². The fraction of sp³-hybridized carbons (Fsp3) is 0.250. The number of rotatable bonds is 1. The summed E-state index contributed by atoms with van der Waals surface area (Å²) < 4.78 is 0. The van der Waals surface area contributed by atoms with Gasteiger partial charge in [0.25, 0.3) is 0 Å². The van der Waals surface area contributed by atoms with Gasteiger partial charge in [0.05, 0.1) is 6.33 Å². The van der Waals surface area contributed by atoms with Crippen LogP contribution in [0.15, 0.2) is 12.5 Å². The number of imidazole rings is 1. The number of aromatic nitrogens is 2. The Morgan fingerprint density at radius 3 is 2.75 bits per heavy atom. The van der Waals surface area contributed by atoms with E-state index in [1.807, 2.05) is 0 Å². The number of nitrogens with zero attached hydrogens (tertiary/aromatic N) is 1. The summed E-state index contributed by atoms with van der Waals surface area (Å²) in [5, 5.41) is 0. The lowest BCUT2D eigenvalue weighted by Gasteiger charge is -1.80. The van der Waals surface area contributed by atoms with Crippen LogP contribution < -0.4 is 5.73 Å². The van der Waals surface area contributed by atoms with Crippen molar-refractivity contribution in [1.82, 2.24) is 9.97 Å². The highest BCUT2D eigenvalue weighted by Gasteiger charge is 1.82. The number of halogens is 1. The maximum absolute atomic E-state index is 5.22. The predicted octanol–water partition coefficient (Wildman–Crippen LogP) is 0.290. The van der Waals surface area contributed by atoms with E-state index < -0.39 is 0 Å². The highest BCUT2D eigenvalue weighted by atomic mass is 35.5. The first kappa shape index (κ1) is 7.46. The number of nitrogens with two attached hydrogens (primary N) is 1. The van der Waals surface area contributed by atoms with Crippen LogP contribution in [0.1, 0.15) is 5.69 Å². The molecule has 0 atom stereocenters. The van der Waals surface area contributed by atoms with E-state index in [1.165, 1.54) is 0 Å². The zero-order valence-electron chi connectivity index (χ0n) is 4.29. The van der Waals surface area contributed by atoms with E-state index in [9.17, 15) is 0 Å². The summed E-state index contributed by atoms with van der Waals surface area (Å²) in [7, 11) is 0. The van der Waals surface area contributed by atoms with Gasteiger partial charge in [-0.3, -0.25) is 0 Å². The average Bonchev–Trinajstić information content (AvgIpc) is 2.14. The van der Waals surface area contributed by atoms with E-state index in [0.29, 0.717) is 6.54 Å². The first-order valence-electron chi connectivity index (χ1n) is 2.11. The Bertz CT molecular complexity index is 126. The van der Waals surface area contributed by atoms with Crippen LogP contribution in [0.5, 0.6) is 0 Å². The van der Waals surface area contributed by atoms with Gasteiger partial charge in [0.15, 0.2) is 0 Å². The fourth-order valence-electron chi connectivity index (χ4n) is 0.396. The van der Waals surface area contributed by atoms with Crippen molar-refractivity contribution in [1.29, 1.82) is 0 Å². The van der Waals surface area contributed by atoms with Gasteiger partial charge in [-0.05, 0) is 0 Å². The van der Waals surface area contributed by atoms with Crippen LogP contribution in [-0.2, 0) is 6.54 Å². The third kappa shape index (κ3) is 1.52. The summed E-state index contributed by atoms with van der Waals surface area (Å²) in [5.74, 6) is 0. The zero-order valence-corrected chi connectivity index (χ0v) is 5.11. The number of hydrogen-bond acceptors (Lipinski definition) is 2.